The van der Waals surface area contributed by atoms with E-state index in [4.69, 9.17) is 0 Å². The van der Waals surface area contributed by atoms with Gasteiger partial charge in [-0.2, -0.15) is 10.2 Å². The van der Waals surface area contributed by atoms with Crippen LogP contribution < -0.4 is 5.32 Å². The summed E-state index contributed by atoms with van der Waals surface area (Å²) in [6.07, 6.45) is 4.53. The third-order valence-electron chi connectivity index (χ3n) is 1.61. The molecule has 0 aromatic carbocycles. The zero-order valence-corrected chi connectivity index (χ0v) is 6.91. The molecule has 0 amide bonds. The van der Waals surface area contributed by atoms with Gasteiger partial charge in [0.1, 0.15) is 0 Å². The maximum Gasteiger partial charge on any atom is 0.0727 e. The van der Waals surface area contributed by atoms with Crippen molar-refractivity contribution in [2.45, 2.75) is 26.3 Å². The smallest absolute Gasteiger partial charge is 0.0727 e. The molecule has 0 aliphatic heterocycles. The molecule has 1 rings (SSSR count). The lowest BCUT2D eigenvalue weighted by Crippen LogP contribution is -2.13. The van der Waals surface area contributed by atoms with Crippen molar-refractivity contribution in [2.24, 2.45) is 0 Å². The first-order valence-electron chi connectivity index (χ1n) is 3.86. The van der Waals surface area contributed by atoms with Crippen LogP contribution in [0.2, 0.25) is 0 Å². The van der Waals surface area contributed by atoms with Crippen LogP contribution in [-0.2, 0) is 0 Å². The molecule has 1 aromatic rings. The molecule has 0 bridgehead atoms. The second kappa shape index (κ2) is 3.91. The molecule has 3 nitrogen and oxygen atoms in total. The van der Waals surface area contributed by atoms with Crippen LogP contribution in [0.1, 0.15) is 20.3 Å². The molecule has 1 aromatic heterocycles. The van der Waals surface area contributed by atoms with Crippen molar-refractivity contribution in [2.75, 3.05) is 5.32 Å². The van der Waals surface area contributed by atoms with Gasteiger partial charge in [-0.1, -0.05) is 6.92 Å². The van der Waals surface area contributed by atoms with E-state index >= 15 is 0 Å². The SMILES string of the molecule is CCC(C)Nc1ccnnc1. The van der Waals surface area contributed by atoms with Crippen LogP contribution >= 0.6 is 0 Å². The molecule has 0 aliphatic rings. The van der Waals surface area contributed by atoms with E-state index in [2.05, 4.69) is 29.4 Å². The van der Waals surface area contributed by atoms with E-state index in [-0.39, 0.29) is 0 Å². The van der Waals surface area contributed by atoms with Crippen LogP contribution in [0.25, 0.3) is 0 Å². The van der Waals surface area contributed by atoms with Crippen molar-refractivity contribution in [3.05, 3.63) is 18.5 Å². The summed E-state index contributed by atoms with van der Waals surface area (Å²) in [5.41, 5.74) is 1.04. The van der Waals surface area contributed by atoms with Crippen LogP contribution in [0.4, 0.5) is 5.69 Å². The molecule has 0 saturated heterocycles. The third kappa shape index (κ3) is 2.53. The van der Waals surface area contributed by atoms with Crippen LogP contribution in [-0.4, -0.2) is 16.2 Å². The number of hydrogen-bond acceptors (Lipinski definition) is 3. The van der Waals surface area contributed by atoms with E-state index in [1.807, 2.05) is 6.07 Å². The molecule has 0 saturated carbocycles. The first-order valence-corrected chi connectivity index (χ1v) is 3.86. The first-order chi connectivity index (χ1) is 5.33. The minimum Gasteiger partial charge on any atom is -0.381 e. The molecule has 11 heavy (non-hydrogen) atoms. The highest BCUT2D eigenvalue weighted by Crippen LogP contribution is 2.04. The lowest BCUT2D eigenvalue weighted by molar-refractivity contribution is 0.762. The average Bonchev–Trinajstić information content (AvgIpc) is 2.06. The van der Waals surface area contributed by atoms with E-state index in [1.54, 1.807) is 12.4 Å². The van der Waals surface area contributed by atoms with Crippen LogP contribution in [0.5, 0.6) is 0 Å². The third-order valence-corrected chi connectivity index (χ3v) is 1.61. The van der Waals surface area contributed by atoms with Crippen molar-refractivity contribution in [3.8, 4) is 0 Å². The summed E-state index contributed by atoms with van der Waals surface area (Å²) in [7, 11) is 0. The molecule has 1 unspecified atom stereocenters. The predicted molar refractivity (Wildman–Crippen MR) is 45.4 cm³/mol. The highest BCUT2D eigenvalue weighted by atomic mass is 15.1. The highest BCUT2D eigenvalue weighted by Gasteiger charge is 1.96. The molecule has 60 valence electrons. The maximum absolute atomic E-state index is 3.76. The van der Waals surface area contributed by atoms with E-state index in [1.165, 1.54) is 0 Å². The van der Waals surface area contributed by atoms with Gasteiger partial charge < -0.3 is 5.32 Å². The lowest BCUT2D eigenvalue weighted by Gasteiger charge is -2.11. The van der Waals surface area contributed by atoms with E-state index in [9.17, 15) is 0 Å². The molecule has 3 heteroatoms. The van der Waals surface area contributed by atoms with E-state index in [0.29, 0.717) is 6.04 Å². The number of rotatable bonds is 3. The Bertz CT molecular complexity index is 198. The summed E-state index contributed by atoms with van der Waals surface area (Å²) in [6, 6.07) is 2.42. The fraction of sp³-hybridized carbons (Fsp3) is 0.500. The number of anilines is 1. The topological polar surface area (TPSA) is 37.8 Å². The van der Waals surface area contributed by atoms with Gasteiger partial charge >= 0.3 is 0 Å². The molecule has 1 N–H and O–H groups in total. The van der Waals surface area contributed by atoms with Gasteiger partial charge in [0.05, 0.1) is 18.1 Å². The fourth-order valence-corrected chi connectivity index (χ4v) is 0.763. The van der Waals surface area contributed by atoms with E-state index in [0.717, 1.165) is 12.1 Å². The second-order valence-corrected chi connectivity index (χ2v) is 2.58. The van der Waals surface area contributed by atoms with Crippen molar-refractivity contribution >= 4 is 5.69 Å². The number of hydrogen-bond donors (Lipinski definition) is 1. The van der Waals surface area contributed by atoms with Gasteiger partial charge in [-0.3, -0.25) is 0 Å². The van der Waals surface area contributed by atoms with Gasteiger partial charge in [0, 0.05) is 6.04 Å². The first kappa shape index (κ1) is 7.98. The van der Waals surface area contributed by atoms with Crippen molar-refractivity contribution < 1.29 is 0 Å². The Morgan fingerprint density at radius 1 is 1.55 bits per heavy atom. The molecule has 0 fully saturated rings. The summed E-state index contributed by atoms with van der Waals surface area (Å²) >= 11 is 0. The molecule has 0 radical (unpaired) electrons. The Balaban J connectivity index is 2.51. The maximum atomic E-state index is 3.76. The minimum absolute atomic E-state index is 0.499. The molecular formula is C8H13N3. The largest absolute Gasteiger partial charge is 0.381 e. The quantitative estimate of drug-likeness (QED) is 0.714. The van der Waals surface area contributed by atoms with Gasteiger partial charge in [0.15, 0.2) is 0 Å². The monoisotopic (exact) mass is 151 g/mol. The summed E-state index contributed by atoms with van der Waals surface area (Å²) in [5.74, 6) is 0. The summed E-state index contributed by atoms with van der Waals surface area (Å²) in [6.45, 7) is 4.28. The van der Waals surface area contributed by atoms with Crippen molar-refractivity contribution in [3.63, 3.8) is 0 Å². The average molecular weight is 151 g/mol. The van der Waals surface area contributed by atoms with Crippen molar-refractivity contribution in [1.82, 2.24) is 10.2 Å². The lowest BCUT2D eigenvalue weighted by atomic mass is 10.2. The fourth-order valence-electron chi connectivity index (χ4n) is 0.763. The Labute approximate surface area is 66.8 Å². The Hall–Kier alpha value is -1.12. The van der Waals surface area contributed by atoms with Crippen LogP contribution in [0.15, 0.2) is 18.5 Å². The number of nitrogens with zero attached hydrogens (tertiary/aromatic N) is 2. The van der Waals surface area contributed by atoms with Crippen molar-refractivity contribution in [1.29, 1.82) is 0 Å². The summed E-state index contributed by atoms with van der Waals surface area (Å²) in [4.78, 5) is 0. The molecule has 0 aliphatic carbocycles. The van der Waals surface area contributed by atoms with Gasteiger partial charge in [-0.25, -0.2) is 0 Å². The highest BCUT2D eigenvalue weighted by molar-refractivity contribution is 5.39. The van der Waals surface area contributed by atoms with Crippen LogP contribution in [0.3, 0.4) is 0 Å². The zero-order valence-electron chi connectivity index (χ0n) is 6.91. The van der Waals surface area contributed by atoms with Gasteiger partial charge in [0.25, 0.3) is 0 Å². The standard InChI is InChI=1S/C8H13N3/c1-3-7(2)11-8-4-5-9-10-6-8/h4-7H,3H2,1-2H3,(H,9,11). The molecular weight excluding hydrogens is 138 g/mol. The minimum atomic E-state index is 0.499. The molecule has 0 spiro atoms. The summed E-state index contributed by atoms with van der Waals surface area (Å²) in [5, 5.41) is 10.7. The van der Waals surface area contributed by atoms with Crippen LogP contribution in [0, 0.1) is 0 Å². The Morgan fingerprint density at radius 2 is 2.36 bits per heavy atom. The number of nitrogens with one attached hydrogen (secondary N) is 1. The van der Waals surface area contributed by atoms with Gasteiger partial charge in [-0.15, -0.1) is 0 Å². The Kier molecular flexibility index (Phi) is 2.83. The van der Waals surface area contributed by atoms with Gasteiger partial charge in [-0.05, 0) is 19.4 Å². The molecule has 1 atom stereocenters. The predicted octanol–water partition coefficient (Wildman–Crippen LogP) is 1.69. The number of aromatic nitrogens is 2. The summed E-state index contributed by atoms with van der Waals surface area (Å²) < 4.78 is 0. The second-order valence-electron chi connectivity index (χ2n) is 2.58. The molecule has 1 heterocycles. The zero-order chi connectivity index (χ0) is 8.10. The normalized spacial score (nSPS) is 12.5. The van der Waals surface area contributed by atoms with Gasteiger partial charge in [0.2, 0.25) is 0 Å². The van der Waals surface area contributed by atoms with E-state index < -0.39 is 0 Å². The Morgan fingerprint density at radius 3 is 2.91 bits per heavy atom.